The molecule has 1 aromatic carbocycles. The number of methoxy groups -OCH3 is 1. The first-order chi connectivity index (χ1) is 8.61. The Morgan fingerprint density at radius 2 is 2.39 bits per heavy atom. The van der Waals surface area contributed by atoms with E-state index in [2.05, 4.69) is 22.6 Å². The van der Waals surface area contributed by atoms with Crippen LogP contribution in [0.5, 0.6) is 0 Å². The SMILES string of the molecule is COCC1CCN(C(=O)c2ccc(I)c(Cl)c2)C1. The maximum Gasteiger partial charge on any atom is 0.253 e. The molecule has 1 saturated heterocycles. The van der Waals surface area contributed by atoms with E-state index < -0.39 is 0 Å². The van der Waals surface area contributed by atoms with Crippen LogP contribution >= 0.6 is 34.2 Å². The van der Waals surface area contributed by atoms with Crippen LogP contribution in [0.3, 0.4) is 0 Å². The van der Waals surface area contributed by atoms with E-state index in [1.807, 2.05) is 17.0 Å². The van der Waals surface area contributed by atoms with Gasteiger partial charge in [-0.2, -0.15) is 0 Å². The van der Waals surface area contributed by atoms with Gasteiger partial charge in [0.2, 0.25) is 0 Å². The Hall–Kier alpha value is -0.330. The van der Waals surface area contributed by atoms with Crippen molar-refractivity contribution in [3.05, 3.63) is 32.4 Å². The van der Waals surface area contributed by atoms with Crippen LogP contribution in [0.2, 0.25) is 5.02 Å². The van der Waals surface area contributed by atoms with Crippen molar-refractivity contribution in [2.24, 2.45) is 5.92 Å². The molecule has 0 aromatic heterocycles. The first-order valence-corrected chi connectivity index (χ1v) is 7.30. The molecule has 0 bridgehead atoms. The van der Waals surface area contributed by atoms with Crippen molar-refractivity contribution in [1.29, 1.82) is 0 Å². The lowest BCUT2D eigenvalue weighted by Crippen LogP contribution is -2.29. The van der Waals surface area contributed by atoms with E-state index in [1.54, 1.807) is 13.2 Å². The predicted octanol–water partition coefficient (Wildman–Crippen LogP) is 3.05. The minimum absolute atomic E-state index is 0.0619. The van der Waals surface area contributed by atoms with Crippen molar-refractivity contribution >= 4 is 40.1 Å². The number of benzene rings is 1. The molecule has 0 saturated carbocycles. The third kappa shape index (κ3) is 3.16. The summed E-state index contributed by atoms with van der Waals surface area (Å²) in [6, 6.07) is 5.45. The summed E-state index contributed by atoms with van der Waals surface area (Å²) in [7, 11) is 1.70. The highest BCUT2D eigenvalue weighted by atomic mass is 127. The molecule has 1 amide bonds. The number of rotatable bonds is 3. The van der Waals surface area contributed by atoms with Gasteiger partial charge in [0.25, 0.3) is 5.91 Å². The van der Waals surface area contributed by atoms with Gasteiger partial charge in [0, 0.05) is 35.3 Å². The Bertz CT molecular complexity index is 453. The molecular weight excluding hydrogens is 365 g/mol. The molecule has 3 nitrogen and oxygen atoms in total. The number of amides is 1. The Morgan fingerprint density at radius 1 is 1.61 bits per heavy atom. The summed E-state index contributed by atoms with van der Waals surface area (Å²) < 4.78 is 6.10. The number of hydrogen-bond acceptors (Lipinski definition) is 2. The van der Waals surface area contributed by atoms with E-state index in [4.69, 9.17) is 16.3 Å². The number of carbonyl (C=O) groups is 1. The third-order valence-corrected chi connectivity index (χ3v) is 4.71. The standard InChI is InChI=1S/C13H15ClINO2/c1-18-8-9-4-5-16(7-9)13(17)10-2-3-12(15)11(14)6-10/h2-3,6,9H,4-5,7-8H2,1H3. The molecule has 0 radical (unpaired) electrons. The highest BCUT2D eigenvalue weighted by Crippen LogP contribution is 2.23. The molecule has 0 N–H and O–H groups in total. The molecular formula is C13H15ClINO2. The number of ether oxygens (including phenoxy) is 1. The van der Waals surface area contributed by atoms with E-state index in [0.29, 0.717) is 16.5 Å². The molecule has 1 aliphatic rings. The second-order valence-corrected chi connectivity index (χ2v) is 6.06. The van der Waals surface area contributed by atoms with Crippen LogP contribution in [0.1, 0.15) is 16.8 Å². The zero-order valence-corrected chi connectivity index (χ0v) is 13.1. The first-order valence-electron chi connectivity index (χ1n) is 5.85. The zero-order chi connectivity index (χ0) is 13.1. The van der Waals surface area contributed by atoms with Gasteiger partial charge in [-0.1, -0.05) is 11.6 Å². The Labute approximate surface area is 126 Å². The quantitative estimate of drug-likeness (QED) is 0.756. The minimum Gasteiger partial charge on any atom is -0.384 e. The van der Waals surface area contributed by atoms with Crippen molar-refractivity contribution in [2.75, 3.05) is 26.8 Å². The highest BCUT2D eigenvalue weighted by Gasteiger charge is 2.26. The highest BCUT2D eigenvalue weighted by molar-refractivity contribution is 14.1. The molecule has 1 atom stereocenters. The Kier molecular flexibility index (Phi) is 4.86. The summed E-state index contributed by atoms with van der Waals surface area (Å²) in [5.41, 5.74) is 0.665. The summed E-state index contributed by atoms with van der Waals surface area (Å²) >= 11 is 8.20. The lowest BCUT2D eigenvalue weighted by atomic mass is 10.1. The first kappa shape index (κ1) is 14.1. The zero-order valence-electron chi connectivity index (χ0n) is 10.2. The summed E-state index contributed by atoms with van der Waals surface area (Å²) in [4.78, 5) is 14.2. The van der Waals surface area contributed by atoms with Crippen LogP contribution in [0.25, 0.3) is 0 Å². The van der Waals surface area contributed by atoms with E-state index in [9.17, 15) is 4.79 Å². The van der Waals surface area contributed by atoms with Crippen molar-refractivity contribution in [3.63, 3.8) is 0 Å². The smallest absolute Gasteiger partial charge is 0.253 e. The fraction of sp³-hybridized carbons (Fsp3) is 0.462. The maximum absolute atomic E-state index is 12.3. The Morgan fingerprint density at radius 3 is 3.06 bits per heavy atom. The van der Waals surface area contributed by atoms with Crippen LogP contribution in [-0.4, -0.2) is 37.6 Å². The Balaban J connectivity index is 2.05. The molecule has 2 rings (SSSR count). The molecule has 0 aliphatic carbocycles. The third-order valence-electron chi connectivity index (χ3n) is 3.14. The number of nitrogens with zero attached hydrogens (tertiary/aromatic N) is 1. The number of hydrogen-bond donors (Lipinski definition) is 0. The van der Waals surface area contributed by atoms with Gasteiger partial charge >= 0.3 is 0 Å². The minimum atomic E-state index is 0.0619. The molecule has 98 valence electrons. The maximum atomic E-state index is 12.3. The normalized spacial score (nSPS) is 19.3. The van der Waals surface area contributed by atoms with E-state index in [0.717, 1.165) is 29.7 Å². The molecule has 1 aliphatic heterocycles. The van der Waals surface area contributed by atoms with Gasteiger partial charge in [-0.05, 0) is 47.2 Å². The lowest BCUT2D eigenvalue weighted by molar-refractivity contribution is 0.0775. The van der Waals surface area contributed by atoms with Crippen LogP contribution in [0.4, 0.5) is 0 Å². The average molecular weight is 380 g/mol. The average Bonchev–Trinajstić information content (AvgIpc) is 2.81. The van der Waals surface area contributed by atoms with Gasteiger partial charge in [-0.15, -0.1) is 0 Å². The van der Waals surface area contributed by atoms with Crippen LogP contribution in [-0.2, 0) is 4.74 Å². The number of likely N-dealkylation sites (tertiary alicyclic amines) is 1. The fourth-order valence-corrected chi connectivity index (χ4v) is 2.72. The topological polar surface area (TPSA) is 29.5 Å². The molecule has 1 heterocycles. The van der Waals surface area contributed by atoms with Crippen molar-refractivity contribution in [1.82, 2.24) is 4.90 Å². The van der Waals surface area contributed by atoms with Gasteiger partial charge in [-0.25, -0.2) is 0 Å². The van der Waals surface area contributed by atoms with Gasteiger partial charge in [0.15, 0.2) is 0 Å². The van der Waals surface area contributed by atoms with Crippen molar-refractivity contribution in [3.8, 4) is 0 Å². The van der Waals surface area contributed by atoms with Crippen LogP contribution in [0, 0.1) is 9.49 Å². The molecule has 1 unspecified atom stereocenters. The van der Waals surface area contributed by atoms with Crippen LogP contribution in [0.15, 0.2) is 18.2 Å². The van der Waals surface area contributed by atoms with Gasteiger partial charge < -0.3 is 9.64 Å². The number of halogens is 2. The monoisotopic (exact) mass is 379 g/mol. The van der Waals surface area contributed by atoms with Crippen molar-refractivity contribution in [2.45, 2.75) is 6.42 Å². The predicted molar refractivity (Wildman–Crippen MR) is 80.1 cm³/mol. The molecule has 18 heavy (non-hydrogen) atoms. The second-order valence-electron chi connectivity index (χ2n) is 4.49. The van der Waals surface area contributed by atoms with Gasteiger partial charge in [-0.3, -0.25) is 4.79 Å². The molecule has 1 aromatic rings. The summed E-state index contributed by atoms with van der Waals surface area (Å²) in [6.45, 7) is 2.30. The summed E-state index contributed by atoms with van der Waals surface area (Å²) in [5, 5.41) is 0.633. The lowest BCUT2D eigenvalue weighted by Gasteiger charge is -2.16. The fourth-order valence-electron chi connectivity index (χ4n) is 2.20. The van der Waals surface area contributed by atoms with E-state index in [-0.39, 0.29) is 5.91 Å². The van der Waals surface area contributed by atoms with Crippen LogP contribution < -0.4 is 0 Å². The molecule has 1 fully saturated rings. The molecule has 5 heteroatoms. The summed E-state index contributed by atoms with van der Waals surface area (Å²) in [5.74, 6) is 0.519. The van der Waals surface area contributed by atoms with E-state index in [1.165, 1.54) is 0 Å². The molecule has 0 spiro atoms. The van der Waals surface area contributed by atoms with E-state index >= 15 is 0 Å². The largest absolute Gasteiger partial charge is 0.384 e. The van der Waals surface area contributed by atoms with Crippen molar-refractivity contribution < 1.29 is 9.53 Å². The second kappa shape index (κ2) is 6.21. The van der Waals surface area contributed by atoms with Gasteiger partial charge in [0.1, 0.15) is 0 Å². The number of carbonyl (C=O) groups excluding carboxylic acids is 1. The van der Waals surface area contributed by atoms with Gasteiger partial charge in [0.05, 0.1) is 11.6 Å². The summed E-state index contributed by atoms with van der Waals surface area (Å²) in [6.07, 6.45) is 1.01.